The second kappa shape index (κ2) is 8.06. The first-order chi connectivity index (χ1) is 16.4. The van der Waals surface area contributed by atoms with Crippen molar-refractivity contribution in [2.24, 2.45) is 56.7 Å². The van der Waals surface area contributed by atoms with Crippen molar-refractivity contribution in [3.05, 3.63) is 12.2 Å². The van der Waals surface area contributed by atoms with E-state index < -0.39 is 5.41 Å². The van der Waals surface area contributed by atoms with E-state index in [2.05, 4.69) is 41.2 Å². The number of fused-ring (bicyclic) bond motifs is 7. The van der Waals surface area contributed by atoms with Crippen LogP contribution in [0.5, 0.6) is 0 Å². The molecule has 0 spiro atoms. The lowest BCUT2D eigenvalue weighted by Crippen LogP contribution is -2.68. The molecule has 10 atom stereocenters. The van der Waals surface area contributed by atoms with Crippen LogP contribution >= 0.6 is 0 Å². The third kappa shape index (κ3) is 3.02. The molecule has 0 aromatic heterocycles. The Balaban J connectivity index is 1.60. The topological polar surface area (TPSA) is 66.8 Å². The summed E-state index contributed by atoms with van der Waals surface area (Å²) in [6.45, 7) is 16.3. The Hall–Kier alpha value is -0.870. The first-order valence-electron chi connectivity index (χ1n) is 14.4. The number of methoxy groups -OCH3 is 1. The molecule has 0 amide bonds. The van der Waals surface area contributed by atoms with Gasteiger partial charge in [0.05, 0.1) is 18.6 Å². The quantitative estimate of drug-likeness (QED) is 0.371. The Morgan fingerprint density at radius 2 is 1.66 bits per heavy atom. The summed E-state index contributed by atoms with van der Waals surface area (Å²) < 4.78 is 5.47. The van der Waals surface area contributed by atoms with Crippen molar-refractivity contribution in [1.29, 1.82) is 0 Å². The number of hydrogen-bond acceptors (Lipinski definition) is 4. The maximum absolute atomic E-state index is 13.4. The molecule has 0 bridgehead atoms. The standard InChI is InChI=1S/C31H50O4/c1-19(2)20-10-15-30(26(34)35-7)16-17-31(18-32)21(25(20)30)8-9-23-28(5)13-12-24(33)27(3,4)22(28)11-14-29(23,31)6/h20-25,32-33H,1,8-18H2,2-7H3/t20?,21?,22?,23?,24?,25?,28-,29+,30-,31-/m0/s1. The molecule has 0 heterocycles. The molecule has 5 saturated carbocycles. The van der Waals surface area contributed by atoms with Crippen molar-refractivity contribution < 1.29 is 19.7 Å². The van der Waals surface area contributed by atoms with Crippen LogP contribution < -0.4 is 0 Å². The zero-order chi connectivity index (χ0) is 25.6. The highest BCUT2D eigenvalue weighted by Crippen LogP contribution is 2.77. The number of carbonyl (C=O) groups is 1. The molecule has 5 aliphatic carbocycles. The van der Waals surface area contributed by atoms with Gasteiger partial charge in [-0.15, -0.1) is 0 Å². The third-order valence-corrected chi connectivity index (χ3v) is 13.6. The number of allylic oxidation sites excluding steroid dienone is 1. The highest BCUT2D eigenvalue weighted by molar-refractivity contribution is 5.78. The average Bonchev–Trinajstić information content (AvgIpc) is 3.22. The Bertz CT molecular complexity index is 894. The summed E-state index contributed by atoms with van der Waals surface area (Å²) >= 11 is 0. The lowest BCUT2D eigenvalue weighted by molar-refractivity contribution is -0.262. The molecule has 0 aliphatic heterocycles. The second-order valence-corrected chi connectivity index (χ2v) is 14.6. The molecule has 35 heavy (non-hydrogen) atoms. The maximum atomic E-state index is 13.4. The van der Waals surface area contributed by atoms with E-state index in [1.165, 1.54) is 12.0 Å². The van der Waals surface area contributed by atoms with Crippen LogP contribution in [0.2, 0.25) is 0 Å². The minimum absolute atomic E-state index is 0.0243. The molecule has 2 N–H and O–H groups in total. The van der Waals surface area contributed by atoms with Gasteiger partial charge < -0.3 is 14.9 Å². The van der Waals surface area contributed by atoms with Gasteiger partial charge in [-0.3, -0.25) is 4.79 Å². The third-order valence-electron chi connectivity index (χ3n) is 13.6. The number of hydrogen-bond donors (Lipinski definition) is 2. The highest BCUT2D eigenvalue weighted by Gasteiger charge is 2.73. The Kier molecular flexibility index (Phi) is 5.94. The largest absolute Gasteiger partial charge is 0.469 e. The van der Waals surface area contributed by atoms with Crippen molar-refractivity contribution in [3.63, 3.8) is 0 Å². The summed E-state index contributed by atoms with van der Waals surface area (Å²) in [4.78, 5) is 13.4. The van der Waals surface area contributed by atoms with Crippen LogP contribution in [0.25, 0.3) is 0 Å². The first kappa shape index (κ1) is 25.8. The van der Waals surface area contributed by atoms with Gasteiger partial charge in [0, 0.05) is 12.0 Å². The van der Waals surface area contributed by atoms with Gasteiger partial charge in [-0.1, -0.05) is 39.8 Å². The second-order valence-electron chi connectivity index (χ2n) is 14.6. The van der Waals surface area contributed by atoms with Crippen LogP contribution in [0.4, 0.5) is 0 Å². The number of aliphatic hydroxyl groups excluding tert-OH is 2. The van der Waals surface area contributed by atoms with E-state index in [0.29, 0.717) is 23.7 Å². The molecule has 0 aromatic carbocycles. The molecular weight excluding hydrogens is 436 g/mol. The van der Waals surface area contributed by atoms with Gasteiger partial charge >= 0.3 is 5.97 Å². The molecule has 6 unspecified atom stereocenters. The van der Waals surface area contributed by atoms with Crippen LogP contribution in [-0.4, -0.2) is 36.0 Å². The molecule has 0 aromatic rings. The van der Waals surface area contributed by atoms with E-state index >= 15 is 0 Å². The Labute approximate surface area is 213 Å². The summed E-state index contributed by atoms with van der Waals surface area (Å²) in [5, 5.41) is 22.3. The van der Waals surface area contributed by atoms with E-state index in [-0.39, 0.29) is 46.3 Å². The van der Waals surface area contributed by atoms with Gasteiger partial charge in [0.25, 0.3) is 0 Å². The highest BCUT2D eigenvalue weighted by atomic mass is 16.5. The number of ether oxygens (including phenoxy) is 1. The Morgan fingerprint density at radius 1 is 0.943 bits per heavy atom. The normalized spacial score (nSPS) is 52.5. The van der Waals surface area contributed by atoms with E-state index in [4.69, 9.17) is 4.74 Å². The van der Waals surface area contributed by atoms with Gasteiger partial charge in [-0.25, -0.2) is 0 Å². The predicted octanol–water partition coefficient (Wildman–Crippen LogP) is 6.15. The smallest absolute Gasteiger partial charge is 0.312 e. The van der Waals surface area contributed by atoms with E-state index in [1.807, 2.05) is 0 Å². The van der Waals surface area contributed by atoms with Gasteiger partial charge in [0.15, 0.2) is 0 Å². The number of rotatable bonds is 3. The molecule has 4 heteroatoms. The minimum Gasteiger partial charge on any atom is -0.469 e. The number of carbonyl (C=O) groups excluding carboxylic acids is 1. The van der Waals surface area contributed by atoms with Gasteiger partial charge in [0.2, 0.25) is 0 Å². The molecule has 4 nitrogen and oxygen atoms in total. The van der Waals surface area contributed by atoms with Crippen molar-refractivity contribution in [2.75, 3.05) is 13.7 Å². The molecule has 198 valence electrons. The summed E-state index contributed by atoms with van der Waals surface area (Å²) in [6.07, 6.45) is 9.88. The maximum Gasteiger partial charge on any atom is 0.312 e. The van der Waals surface area contributed by atoms with Crippen molar-refractivity contribution in [3.8, 4) is 0 Å². The SMILES string of the molecule is C=C(C)C1CC[C@]2(C(=O)OC)CC[C@]3(CO)C(CCC4[C@@]5(C)CCC(O)C(C)(C)C5CC[C@]43C)C12. The zero-order valence-electron chi connectivity index (χ0n) is 23.2. The Morgan fingerprint density at radius 3 is 2.29 bits per heavy atom. The fraction of sp³-hybridized carbons (Fsp3) is 0.903. The first-order valence-corrected chi connectivity index (χ1v) is 14.4. The van der Waals surface area contributed by atoms with E-state index in [9.17, 15) is 15.0 Å². The fourth-order valence-electron chi connectivity index (χ4n) is 11.8. The van der Waals surface area contributed by atoms with Crippen LogP contribution in [0.3, 0.4) is 0 Å². The van der Waals surface area contributed by atoms with Crippen LogP contribution in [-0.2, 0) is 9.53 Å². The lowest BCUT2D eigenvalue weighted by atomic mass is 9.32. The number of esters is 1. The summed E-state index contributed by atoms with van der Waals surface area (Å²) in [6, 6.07) is 0. The van der Waals surface area contributed by atoms with Gasteiger partial charge in [0.1, 0.15) is 0 Å². The monoisotopic (exact) mass is 486 g/mol. The summed E-state index contributed by atoms with van der Waals surface area (Å²) in [5.74, 6) is 1.91. The van der Waals surface area contributed by atoms with Crippen LogP contribution in [0.15, 0.2) is 12.2 Å². The van der Waals surface area contributed by atoms with Gasteiger partial charge in [-0.2, -0.15) is 0 Å². The van der Waals surface area contributed by atoms with Crippen LogP contribution in [0, 0.1) is 56.7 Å². The molecular formula is C31H50O4. The predicted molar refractivity (Wildman–Crippen MR) is 138 cm³/mol. The zero-order valence-corrected chi connectivity index (χ0v) is 23.2. The van der Waals surface area contributed by atoms with E-state index in [0.717, 1.165) is 57.8 Å². The lowest BCUT2D eigenvalue weighted by Gasteiger charge is -2.73. The summed E-state index contributed by atoms with van der Waals surface area (Å²) in [7, 11) is 1.55. The van der Waals surface area contributed by atoms with E-state index in [1.54, 1.807) is 7.11 Å². The number of aliphatic hydroxyl groups is 2. The summed E-state index contributed by atoms with van der Waals surface area (Å²) in [5.41, 5.74) is 0.774. The van der Waals surface area contributed by atoms with Gasteiger partial charge in [-0.05, 0) is 117 Å². The van der Waals surface area contributed by atoms with Crippen molar-refractivity contribution in [1.82, 2.24) is 0 Å². The van der Waals surface area contributed by atoms with Crippen LogP contribution in [0.1, 0.15) is 98.8 Å². The minimum atomic E-state index is -0.414. The molecule has 5 fully saturated rings. The molecule has 0 radical (unpaired) electrons. The molecule has 0 saturated heterocycles. The van der Waals surface area contributed by atoms with Crippen molar-refractivity contribution in [2.45, 2.75) is 105 Å². The molecule has 5 rings (SSSR count). The fourth-order valence-corrected chi connectivity index (χ4v) is 11.8. The molecule has 5 aliphatic rings. The average molecular weight is 487 g/mol. The van der Waals surface area contributed by atoms with Crippen molar-refractivity contribution >= 4 is 5.97 Å².